The zero-order chi connectivity index (χ0) is 22.1. The fourth-order valence-electron chi connectivity index (χ4n) is 2.79. The highest BCUT2D eigenvalue weighted by molar-refractivity contribution is 6.35. The van der Waals surface area contributed by atoms with Crippen molar-refractivity contribution in [1.29, 1.82) is 0 Å². The highest BCUT2D eigenvalue weighted by Gasteiger charge is 2.16. The summed E-state index contributed by atoms with van der Waals surface area (Å²) in [4.78, 5) is 16.5. The lowest BCUT2D eigenvalue weighted by Gasteiger charge is -2.02. The van der Waals surface area contributed by atoms with Gasteiger partial charge in [-0.05, 0) is 54.1 Å². The highest BCUT2D eigenvalue weighted by Crippen LogP contribution is 2.32. The second-order valence-corrected chi connectivity index (χ2v) is 7.69. The molecule has 0 spiro atoms. The van der Waals surface area contributed by atoms with Gasteiger partial charge in [-0.15, -0.1) is 0 Å². The van der Waals surface area contributed by atoms with Gasteiger partial charge in [-0.1, -0.05) is 40.9 Å². The number of nitrogens with one attached hydrogen (secondary N) is 1. The molecule has 1 aromatic heterocycles. The monoisotopic (exact) mass is 478 g/mol. The lowest BCUT2D eigenvalue weighted by molar-refractivity contribution is -0.111. The fourth-order valence-corrected chi connectivity index (χ4v) is 3.50. The summed E-state index contributed by atoms with van der Waals surface area (Å²) in [5.74, 6) is -2.50. The summed E-state index contributed by atoms with van der Waals surface area (Å²) < 4.78 is 32.5. The van der Waals surface area contributed by atoms with Gasteiger partial charge in [-0.3, -0.25) is 4.79 Å². The van der Waals surface area contributed by atoms with Crippen LogP contribution in [0.5, 0.6) is 0 Å². The van der Waals surface area contributed by atoms with Crippen LogP contribution in [0.1, 0.15) is 5.56 Å². The van der Waals surface area contributed by atoms with E-state index in [0.717, 1.165) is 12.1 Å². The molecule has 9 heteroatoms. The van der Waals surface area contributed by atoms with Gasteiger partial charge in [0.05, 0.1) is 10.6 Å². The Bertz CT molecular complexity index is 1350. The van der Waals surface area contributed by atoms with Crippen LogP contribution in [0.25, 0.3) is 28.6 Å². The lowest BCUT2D eigenvalue weighted by Crippen LogP contribution is -2.07. The molecular weight excluding hydrogens is 469 g/mol. The van der Waals surface area contributed by atoms with E-state index < -0.39 is 17.5 Å². The summed E-state index contributed by atoms with van der Waals surface area (Å²) in [6, 6.07) is 11.5. The zero-order valence-corrected chi connectivity index (χ0v) is 17.7. The number of carbonyl (C=O) groups excluding carboxylic acids is 1. The van der Waals surface area contributed by atoms with Gasteiger partial charge in [0, 0.05) is 21.8 Å². The van der Waals surface area contributed by atoms with Gasteiger partial charge in [0.25, 0.3) is 0 Å². The molecule has 4 nitrogen and oxygen atoms in total. The number of rotatable bonds is 4. The van der Waals surface area contributed by atoms with Crippen molar-refractivity contribution in [3.63, 3.8) is 0 Å². The molecule has 31 heavy (non-hydrogen) atoms. The van der Waals surface area contributed by atoms with Crippen molar-refractivity contribution >= 4 is 63.6 Å². The van der Waals surface area contributed by atoms with Gasteiger partial charge < -0.3 is 9.73 Å². The Morgan fingerprint density at radius 1 is 0.968 bits per heavy atom. The largest absolute Gasteiger partial charge is 0.436 e. The molecule has 0 unspecified atom stereocenters. The Labute approximate surface area is 190 Å². The molecule has 0 atom stereocenters. The van der Waals surface area contributed by atoms with E-state index >= 15 is 0 Å². The Kier molecular flexibility index (Phi) is 5.96. The molecule has 0 aliphatic carbocycles. The van der Waals surface area contributed by atoms with Crippen molar-refractivity contribution < 1.29 is 18.0 Å². The van der Waals surface area contributed by atoms with Crippen LogP contribution < -0.4 is 5.32 Å². The van der Waals surface area contributed by atoms with E-state index in [1.165, 1.54) is 6.08 Å². The maximum atomic E-state index is 13.6. The van der Waals surface area contributed by atoms with Crippen LogP contribution in [-0.2, 0) is 4.79 Å². The number of hydrogen-bond acceptors (Lipinski definition) is 3. The number of oxazole rings is 1. The quantitative estimate of drug-likeness (QED) is 0.245. The molecule has 1 amide bonds. The molecule has 3 aromatic carbocycles. The summed E-state index contributed by atoms with van der Waals surface area (Å²) in [7, 11) is 0. The minimum atomic E-state index is -1.07. The van der Waals surface area contributed by atoms with Crippen LogP contribution in [0.3, 0.4) is 0 Å². The zero-order valence-electron chi connectivity index (χ0n) is 15.4. The number of aromatic nitrogens is 1. The molecule has 4 rings (SSSR count). The summed E-state index contributed by atoms with van der Waals surface area (Å²) in [6.07, 6.45) is 2.89. The first-order valence-corrected chi connectivity index (χ1v) is 9.93. The number of carbonyl (C=O) groups is 1. The number of amides is 1. The van der Waals surface area contributed by atoms with E-state index in [4.69, 9.17) is 39.2 Å². The van der Waals surface area contributed by atoms with Gasteiger partial charge >= 0.3 is 0 Å². The second-order valence-electron chi connectivity index (χ2n) is 6.44. The normalized spacial score (nSPS) is 11.4. The summed E-state index contributed by atoms with van der Waals surface area (Å²) in [5, 5.41) is 3.58. The molecule has 1 heterocycles. The van der Waals surface area contributed by atoms with Gasteiger partial charge in [0.2, 0.25) is 11.8 Å². The topological polar surface area (TPSA) is 55.1 Å². The SMILES string of the molecule is O=C(/C=C/c1ccc(Cl)cc1Cl)Nc1ccc2oc(-c3cc(F)c(F)cc3Cl)nc2c1. The Balaban J connectivity index is 1.55. The van der Waals surface area contributed by atoms with E-state index in [1.54, 1.807) is 42.5 Å². The highest BCUT2D eigenvalue weighted by atomic mass is 35.5. The number of anilines is 1. The molecule has 0 aliphatic rings. The van der Waals surface area contributed by atoms with Crippen LogP contribution >= 0.6 is 34.8 Å². The molecule has 156 valence electrons. The molecule has 1 N–H and O–H groups in total. The van der Waals surface area contributed by atoms with Crippen molar-refractivity contribution in [2.24, 2.45) is 0 Å². The van der Waals surface area contributed by atoms with Gasteiger partial charge in [0.15, 0.2) is 17.2 Å². The average molecular weight is 480 g/mol. The molecular formula is C22H11Cl3F2N2O2. The standard InChI is InChI=1S/C22H11Cl3F2N2O2/c23-12-3-1-11(15(24)7-12)2-6-21(30)28-13-4-5-20-19(8-13)29-22(31-20)14-9-17(26)18(27)10-16(14)25/h1-10H,(H,28,30)/b6-2+. The van der Waals surface area contributed by atoms with Gasteiger partial charge in [0.1, 0.15) is 5.52 Å². The summed E-state index contributed by atoms with van der Waals surface area (Å²) >= 11 is 17.9. The number of fused-ring (bicyclic) bond motifs is 1. The van der Waals surface area contributed by atoms with Gasteiger partial charge in [-0.2, -0.15) is 0 Å². The first-order valence-electron chi connectivity index (χ1n) is 8.80. The smallest absolute Gasteiger partial charge is 0.248 e. The minimum absolute atomic E-state index is 0.0275. The van der Waals surface area contributed by atoms with Crippen LogP contribution in [0.2, 0.25) is 15.1 Å². The van der Waals surface area contributed by atoms with Crippen molar-refractivity contribution in [3.8, 4) is 11.5 Å². The van der Waals surface area contributed by atoms with Crippen molar-refractivity contribution in [2.45, 2.75) is 0 Å². The third-order valence-electron chi connectivity index (χ3n) is 4.27. The summed E-state index contributed by atoms with van der Waals surface area (Å²) in [6.45, 7) is 0. The van der Waals surface area contributed by atoms with Crippen molar-refractivity contribution in [2.75, 3.05) is 5.32 Å². The predicted molar refractivity (Wildman–Crippen MR) is 118 cm³/mol. The number of halogens is 5. The molecule has 0 saturated carbocycles. The molecule has 0 fully saturated rings. The first-order chi connectivity index (χ1) is 14.8. The number of benzene rings is 3. The van der Waals surface area contributed by atoms with Crippen LogP contribution in [0.4, 0.5) is 14.5 Å². The molecule has 0 radical (unpaired) electrons. The van der Waals surface area contributed by atoms with Crippen molar-refractivity contribution in [3.05, 3.63) is 86.9 Å². The van der Waals surface area contributed by atoms with Gasteiger partial charge in [-0.25, -0.2) is 13.8 Å². The fraction of sp³-hybridized carbons (Fsp3) is 0. The van der Waals surface area contributed by atoms with Crippen LogP contribution in [0, 0.1) is 11.6 Å². The van der Waals surface area contributed by atoms with Crippen LogP contribution in [-0.4, -0.2) is 10.9 Å². The second kappa shape index (κ2) is 8.67. The van der Waals surface area contributed by atoms with Crippen molar-refractivity contribution in [1.82, 2.24) is 4.98 Å². The molecule has 4 aromatic rings. The Hall–Kier alpha value is -2.93. The molecule has 0 bridgehead atoms. The average Bonchev–Trinajstić information content (AvgIpc) is 3.13. The third kappa shape index (κ3) is 4.71. The third-order valence-corrected chi connectivity index (χ3v) is 5.15. The van der Waals surface area contributed by atoms with E-state index in [2.05, 4.69) is 10.3 Å². The first kappa shape index (κ1) is 21.3. The van der Waals surface area contributed by atoms with E-state index in [9.17, 15) is 13.6 Å². The molecule has 0 saturated heterocycles. The molecule has 0 aliphatic heterocycles. The predicted octanol–water partition coefficient (Wildman–Crippen LogP) is 7.39. The maximum Gasteiger partial charge on any atom is 0.248 e. The lowest BCUT2D eigenvalue weighted by atomic mass is 10.2. The maximum absolute atomic E-state index is 13.6. The Morgan fingerprint density at radius 3 is 2.52 bits per heavy atom. The van der Waals surface area contributed by atoms with E-state index in [0.29, 0.717) is 32.4 Å². The Morgan fingerprint density at radius 2 is 1.74 bits per heavy atom. The number of nitrogens with zero attached hydrogens (tertiary/aromatic N) is 1. The number of hydrogen-bond donors (Lipinski definition) is 1. The van der Waals surface area contributed by atoms with Crippen LogP contribution in [0.15, 0.2) is 59.0 Å². The minimum Gasteiger partial charge on any atom is -0.436 e. The van der Waals surface area contributed by atoms with E-state index in [1.807, 2.05) is 0 Å². The summed E-state index contributed by atoms with van der Waals surface area (Å²) in [5.41, 5.74) is 2.00. The van der Waals surface area contributed by atoms with E-state index in [-0.39, 0.29) is 16.5 Å².